The maximum Gasteiger partial charge on any atom is 0.179 e. The summed E-state index contributed by atoms with van der Waals surface area (Å²) in [6.07, 6.45) is 0. The highest BCUT2D eigenvalue weighted by Crippen LogP contribution is 2.19. The van der Waals surface area contributed by atoms with Gasteiger partial charge in [-0.2, -0.15) is 0 Å². The predicted molar refractivity (Wildman–Crippen MR) is 73.9 cm³/mol. The fourth-order valence-electron chi connectivity index (χ4n) is 1.60. The molecule has 0 saturated carbocycles. The molecule has 17 heavy (non-hydrogen) atoms. The third-order valence-corrected chi connectivity index (χ3v) is 4.99. The van der Waals surface area contributed by atoms with Crippen molar-refractivity contribution in [1.29, 1.82) is 0 Å². The van der Waals surface area contributed by atoms with Crippen molar-refractivity contribution in [3.63, 3.8) is 0 Å². The van der Waals surface area contributed by atoms with Gasteiger partial charge in [0.25, 0.3) is 0 Å². The van der Waals surface area contributed by atoms with E-state index in [0.717, 1.165) is 4.47 Å². The van der Waals surface area contributed by atoms with Crippen LogP contribution in [0.5, 0.6) is 0 Å². The van der Waals surface area contributed by atoms with Crippen molar-refractivity contribution < 1.29 is 8.42 Å². The van der Waals surface area contributed by atoms with Gasteiger partial charge in [-0.25, -0.2) is 8.42 Å². The largest absolute Gasteiger partial charge is 0.316 e. The molecule has 0 bridgehead atoms. The Morgan fingerprint density at radius 1 is 1.35 bits per heavy atom. The van der Waals surface area contributed by atoms with E-state index in [1.54, 1.807) is 25.2 Å². The van der Waals surface area contributed by atoms with E-state index in [1.165, 1.54) is 0 Å². The molecule has 5 heteroatoms. The van der Waals surface area contributed by atoms with E-state index in [9.17, 15) is 8.42 Å². The molecule has 96 valence electrons. The Morgan fingerprint density at radius 2 is 2.00 bits per heavy atom. The summed E-state index contributed by atoms with van der Waals surface area (Å²) < 4.78 is 25.2. The van der Waals surface area contributed by atoms with Crippen LogP contribution in [-0.4, -0.2) is 27.3 Å². The summed E-state index contributed by atoms with van der Waals surface area (Å²) in [5, 5.41) is 3.05. The number of sulfone groups is 1. The zero-order valence-corrected chi connectivity index (χ0v) is 12.7. The second-order valence-corrected chi connectivity index (χ2v) is 7.33. The summed E-state index contributed by atoms with van der Waals surface area (Å²) in [5.74, 6) is 0.402. The Kier molecular flexibility index (Phi) is 5.16. The SMILES string of the molecule is CNC(CS(=O)(=O)c1cccc(Br)c1)C(C)C. The molecular weight excluding hydrogens is 302 g/mol. The molecule has 0 fully saturated rings. The minimum absolute atomic E-state index is 0.0287. The van der Waals surface area contributed by atoms with Crippen LogP contribution in [0.4, 0.5) is 0 Å². The van der Waals surface area contributed by atoms with E-state index >= 15 is 0 Å². The van der Waals surface area contributed by atoms with Crippen LogP contribution in [0.1, 0.15) is 13.8 Å². The molecule has 0 aromatic heterocycles. The molecule has 0 spiro atoms. The van der Waals surface area contributed by atoms with E-state index < -0.39 is 9.84 Å². The molecule has 1 unspecified atom stereocenters. The third kappa shape index (κ3) is 4.08. The molecule has 1 aromatic carbocycles. The quantitative estimate of drug-likeness (QED) is 0.906. The van der Waals surface area contributed by atoms with Crippen LogP contribution in [0, 0.1) is 5.92 Å². The zero-order chi connectivity index (χ0) is 13.1. The normalized spacial score (nSPS) is 13.9. The van der Waals surface area contributed by atoms with E-state index in [-0.39, 0.29) is 17.7 Å². The summed E-state index contributed by atoms with van der Waals surface area (Å²) in [5.41, 5.74) is 0. The topological polar surface area (TPSA) is 46.2 Å². The monoisotopic (exact) mass is 319 g/mol. The number of halogens is 1. The highest BCUT2D eigenvalue weighted by molar-refractivity contribution is 9.10. The van der Waals surface area contributed by atoms with Gasteiger partial charge in [-0.3, -0.25) is 0 Å². The van der Waals surface area contributed by atoms with Crippen LogP contribution in [0.15, 0.2) is 33.6 Å². The predicted octanol–water partition coefficient (Wildman–Crippen LogP) is 2.47. The molecule has 0 amide bonds. The van der Waals surface area contributed by atoms with Gasteiger partial charge in [-0.15, -0.1) is 0 Å². The molecule has 1 atom stereocenters. The van der Waals surface area contributed by atoms with Gasteiger partial charge in [-0.1, -0.05) is 35.8 Å². The van der Waals surface area contributed by atoms with Crippen molar-refractivity contribution in [2.45, 2.75) is 24.8 Å². The Balaban J connectivity index is 2.96. The average Bonchev–Trinajstić information content (AvgIpc) is 2.25. The van der Waals surface area contributed by atoms with E-state index in [1.807, 2.05) is 19.9 Å². The summed E-state index contributed by atoms with van der Waals surface area (Å²) in [7, 11) is -1.44. The lowest BCUT2D eigenvalue weighted by atomic mass is 10.1. The maximum absolute atomic E-state index is 12.2. The Labute approximate surface area is 112 Å². The van der Waals surface area contributed by atoms with Crippen molar-refractivity contribution in [1.82, 2.24) is 5.32 Å². The lowest BCUT2D eigenvalue weighted by Crippen LogP contribution is -2.37. The number of hydrogen-bond acceptors (Lipinski definition) is 3. The number of hydrogen-bond donors (Lipinski definition) is 1. The van der Waals surface area contributed by atoms with Gasteiger partial charge in [0, 0.05) is 10.5 Å². The molecule has 0 aliphatic rings. The van der Waals surface area contributed by atoms with E-state index in [0.29, 0.717) is 4.90 Å². The minimum Gasteiger partial charge on any atom is -0.316 e. The first-order valence-electron chi connectivity index (χ1n) is 5.52. The second-order valence-electron chi connectivity index (χ2n) is 4.38. The van der Waals surface area contributed by atoms with Crippen molar-refractivity contribution in [2.75, 3.05) is 12.8 Å². The number of nitrogens with one attached hydrogen (secondary N) is 1. The number of benzene rings is 1. The van der Waals surface area contributed by atoms with Gasteiger partial charge in [0.2, 0.25) is 0 Å². The lowest BCUT2D eigenvalue weighted by Gasteiger charge is -2.20. The lowest BCUT2D eigenvalue weighted by molar-refractivity contribution is 0.455. The average molecular weight is 320 g/mol. The van der Waals surface area contributed by atoms with Crippen LogP contribution in [-0.2, 0) is 9.84 Å². The van der Waals surface area contributed by atoms with Crippen LogP contribution in [0.25, 0.3) is 0 Å². The van der Waals surface area contributed by atoms with Crippen LogP contribution >= 0.6 is 15.9 Å². The van der Waals surface area contributed by atoms with Crippen molar-refractivity contribution in [3.05, 3.63) is 28.7 Å². The Bertz CT molecular complexity index is 471. The van der Waals surface area contributed by atoms with Crippen LogP contribution in [0.2, 0.25) is 0 Å². The Hall–Kier alpha value is -0.390. The molecule has 1 rings (SSSR count). The van der Waals surface area contributed by atoms with Crippen molar-refractivity contribution >= 4 is 25.8 Å². The van der Waals surface area contributed by atoms with Crippen molar-refractivity contribution in [3.8, 4) is 0 Å². The standard InChI is InChI=1S/C12H18BrNO2S/c1-9(2)12(14-3)8-17(15,16)11-6-4-5-10(13)7-11/h4-7,9,12,14H,8H2,1-3H3. The minimum atomic E-state index is -3.23. The first kappa shape index (κ1) is 14.7. The summed E-state index contributed by atoms with van der Waals surface area (Å²) in [4.78, 5) is 0.368. The Morgan fingerprint density at radius 3 is 2.47 bits per heavy atom. The van der Waals surface area contributed by atoms with Gasteiger partial charge >= 0.3 is 0 Å². The first-order chi connectivity index (χ1) is 7.86. The van der Waals surface area contributed by atoms with Gasteiger partial charge in [0.15, 0.2) is 9.84 Å². The fourth-order valence-corrected chi connectivity index (χ4v) is 3.96. The van der Waals surface area contributed by atoms with E-state index in [2.05, 4.69) is 21.2 Å². The molecule has 1 aromatic rings. The second kappa shape index (κ2) is 5.98. The highest BCUT2D eigenvalue weighted by atomic mass is 79.9. The molecular formula is C12H18BrNO2S. The third-order valence-electron chi connectivity index (χ3n) is 2.73. The van der Waals surface area contributed by atoms with Gasteiger partial charge < -0.3 is 5.32 Å². The fraction of sp³-hybridized carbons (Fsp3) is 0.500. The molecule has 0 aliphatic heterocycles. The van der Waals surface area contributed by atoms with Crippen LogP contribution in [0.3, 0.4) is 0 Å². The number of rotatable bonds is 5. The highest BCUT2D eigenvalue weighted by Gasteiger charge is 2.22. The van der Waals surface area contributed by atoms with Gasteiger partial charge in [-0.05, 0) is 31.2 Å². The molecule has 1 N–H and O–H groups in total. The molecule has 0 heterocycles. The summed E-state index contributed by atoms with van der Waals surface area (Å²) >= 11 is 3.29. The first-order valence-corrected chi connectivity index (χ1v) is 7.97. The molecule has 0 saturated heterocycles. The molecule has 3 nitrogen and oxygen atoms in total. The van der Waals surface area contributed by atoms with Gasteiger partial charge in [0.1, 0.15) is 0 Å². The van der Waals surface area contributed by atoms with Crippen LogP contribution < -0.4 is 5.32 Å². The molecule has 0 radical (unpaired) electrons. The van der Waals surface area contributed by atoms with Gasteiger partial charge in [0.05, 0.1) is 10.6 Å². The summed E-state index contributed by atoms with van der Waals surface area (Å²) in [6, 6.07) is 6.80. The smallest absolute Gasteiger partial charge is 0.179 e. The molecule has 0 aliphatic carbocycles. The van der Waals surface area contributed by atoms with E-state index in [4.69, 9.17) is 0 Å². The summed E-state index contributed by atoms with van der Waals surface area (Å²) in [6.45, 7) is 4.02. The van der Waals surface area contributed by atoms with Crippen molar-refractivity contribution in [2.24, 2.45) is 5.92 Å². The maximum atomic E-state index is 12.2. The zero-order valence-electron chi connectivity index (χ0n) is 10.3.